The predicted molar refractivity (Wildman–Crippen MR) is 104 cm³/mol. The minimum atomic E-state index is -0.701. The summed E-state index contributed by atoms with van der Waals surface area (Å²) in [6, 6.07) is 16.0. The fourth-order valence-electron chi connectivity index (χ4n) is 3.87. The molecule has 1 amide bonds. The van der Waals surface area contributed by atoms with Crippen molar-refractivity contribution in [1.82, 2.24) is 4.90 Å². The molecule has 0 radical (unpaired) electrons. The van der Waals surface area contributed by atoms with Crippen LogP contribution < -0.4 is 5.32 Å². The SMILES string of the molecule is Cc1ccccc1NC1CCN(C(=O)C2Cc3ccccc3C(=O)O2)CC1. The number of ether oxygens (including phenoxy) is 1. The highest BCUT2D eigenvalue weighted by Gasteiger charge is 2.35. The van der Waals surface area contributed by atoms with Crippen LogP contribution in [0.4, 0.5) is 5.69 Å². The average Bonchev–Trinajstić information content (AvgIpc) is 2.70. The van der Waals surface area contributed by atoms with Gasteiger partial charge in [-0.25, -0.2) is 4.79 Å². The smallest absolute Gasteiger partial charge is 0.339 e. The van der Waals surface area contributed by atoms with Crippen molar-refractivity contribution < 1.29 is 14.3 Å². The molecule has 0 aliphatic carbocycles. The van der Waals surface area contributed by atoms with Crippen LogP contribution in [0.3, 0.4) is 0 Å². The van der Waals surface area contributed by atoms with E-state index in [-0.39, 0.29) is 5.91 Å². The Morgan fingerprint density at radius 3 is 2.56 bits per heavy atom. The van der Waals surface area contributed by atoms with Crippen LogP contribution in [0.2, 0.25) is 0 Å². The molecule has 1 N–H and O–H groups in total. The molecular weight excluding hydrogens is 340 g/mol. The highest BCUT2D eigenvalue weighted by atomic mass is 16.5. The van der Waals surface area contributed by atoms with Gasteiger partial charge in [0.15, 0.2) is 6.10 Å². The maximum atomic E-state index is 12.9. The molecule has 2 aliphatic heterocycles. The second kappa shape index (κ2) is 7.43. The van der Waals surface area contributed by atoms with Gasteiger partial charge in [0, 0.05) is 31.2 Å². The summed E-state index contributed by atoms with van der Waals surface area (Å²) in [4.78, 5) is 26.9. The Labute approximate surface area is 159 Å². The Kier molecular flexibility index (Phi) is 4.84. The topological polar surface area (TPSA) is 58.6 Å². The molecule has 2 aromatic carbocycles. The molecule has 1 unspecified atom stereocenters. The van der Waals surface area contributed by atoms with E-state index in [1.54, 1.807) is 6.07 Å². The van der Waals surface area contributed by atoms with E-state index in [0.717, 1.165) is 24.1 Å². The largest absolute Gasteiger partial charge is 0.448 e. The number of carbonyl (C=O) groups is 2. The van der Waals surface area contributed by atoms with Gasteiger partial charge in [-0.15, -0.1) is 0 Å². The molecule has 0 saturated carbocycles. The quantitative estimate of drug-likeness (QED) is 0.850. The number of fused-ring (bicyclic) bond motifs is 1. The van der Waals surface area contributed by atoms with Crippen LogP contribution in [0.15, 0.2) is 48.5 Å². The molecule has 0 spiro atoms. The highest BCUT2D eigenvalue weighted by Crippen LogP contribution is 2.24. The maximum absolute atomic E-state index is 12.9. The molecule has 1 saturated heterocycles. The number of esters is 1. The van der Waals surface area contributed by atoms with Gasteiger partial charge in [0.25, 0.3) is 5.91 Å². The number of rotatable bonds is 3. The van der Waals surface area contributed by atoms with E-state index < -0.39 is 12.1 Å². The summed E-state index contributed by atoms with van der Waals surface area (Å²) in [5.74, 6) is -0.474. The highest BCUT2D eigenvalue weighted by molar-refractivity contribution is 5.95. The molecule has 2 aliphatic rings. The number of hydrogen-bond donors (Lipinski definition) is 1. The van der Waals surface area contributed by atoms with Crippen LogP contribution in [0, 0.1) is 6.92 Å². The summed E-state index contributed by atoms with van der Waals surface area (Å²) in [6.07, 6.45) is 1.53. The summed E-state index contributed by atoms with van der Waals surface area (Å²) in [6.45, 7) is 3.45. The molecule has 5 heteroatoms. The molecule has 2 aromatic rings. The lowest BCUT2D eigenvalue weighted by Crippen LogP contribution is -2.49. The van der Waals surface area contributed by atoms with Crippen LogP contribution in [-0.4, -0.2) is 42.0 Å². The third kappa shape index (κ3) is 3.68. The van der Waals surface area contributed by atoms with Gasteiger partial charge in [-0.05, 0) is 43.0 Å². The zero-order valence-electron chi connectivity index (χ0n) is 15.5. The van der Waals surface area contributed by atoms with Crippen LogP contribution in [0.25, 0.3) is 0 Å². The third-order valence-corrected chi connectivity index (χ3v) is 5.48. The lowest BCUT2D eigenvalue weighted by atomic mass is 9.97. The zero-order valence-corrected chi connectivity index (χ0v) is 15.5. The second-order valence-electron chi connectivity index (χ2n) is 7.31. The summed E-state index contributed by atoms with van der Waals surface area (Å²) in [5.41, 5.74) is 3.84. The number of hydrogen-bond acceptors (Lipinski definition) is 4. The van der Waals surface area contributed by atoms with Gasteiger partial charge in [-0.2, -0.15) is 0 Å². The molecule has 1 fully saturated rings. The first kappa shape index (κ1) is 17.6. The second-order valence-corrected chi connectivity index (χ2v) is 7.31. The fourth-order valence-corrected chi connectivity index (χ4v) is 3.87. The molecule has 140 valence electrons. The zero-order chi connectivity index (χ0) is 18.8. The lowest BCUT2D eigenvalue weighted by molar-refractivity contribution is -0.142. The van der Waals surface area contributed by atoms with Crippen molar-refractivity contribution in [3.05, 3.63) is 65.2 Å². The Hall–Kier alpha value is -2.82. The first-order chi connectivity index (χ1) is 13.1. The van der Waals surface area contributed by atoms with Crippen molar-refractivity contribution in [3.8, 4) is 0 Å². The molecule has 1 atom stereocenters. The molecule has 0 bridgehead atoms. The van der Waals surface area contributed by atoms with Gasteiger partial charge in [-0.3, -0.25) is 4.79 Å². The van der Waals surface area contributed by atoms with E-state index in [1.807, 2.05) is 35.2 Å². The van der Waals surface area contributed by atoms with Crippen LogP contribution in [0.1, 0.15) is 34.3 Å². The molecule has 27 heavy (non-hydrogen) atoms. The molecular formula is C22H24N2O3. The number of aryl methyl sites for hydroxylation is 1. The number of likely N-dealkylation sites (tertiary alicyclic amines) is 1. The van der Waals surface area contributed by atoms with Gasteiger partial charge < -0.3 is 15.0 Å². The van der Waals surface area contributed by atoms with Crippen molar-refractivity contribution in [1.29, 1.82) is 0 Å². The van der Waals surface area contributed by atoms with Crippen molar-refractivity contribution >= 4 is 17.6 Å². The van der Waals surface area contributed by atoms with E-state index >= 15 is 0 Å². The van der Waals surface area contributed by atoms with Crippen molar-refractivity contribution in [2.45, 2.75) is 38.3 Å². The molecule has 0 aromatic heterocycles. The van der Waals surface area contributed by atoms with Crippen molar-refractivity contribution in [2.24, 2.45) is 0 Å². The van der Waals surface area contributed by atoms with Crippen LogP contribution in [0.5, 0.6) is 0 Å². The average molecular weight is 364 g/mol. The van der Waals surface area contributed by atoms with E-state index in [4.69, 9.17) is 4.74 Å². The first-order valence-corrected chi connectivity index (χ1v) is 9.51. The Morgan fingerprint density at radius 2 is 1.78 bits per heavy atom. The van der Waals surface area contributed by atoms with Gasteiger partial charge in [0.05, 0.1) is 5.56 Å². The van der Waals surface area contributed by atoms with Crippen molar-refractivity contribution in [2.75, 3.05) is 18.4 Å². The predicted octanol–water partition coefficient (Wildman–Crippen LogP) is 3.18. The van der Waals surface area contributed by atoms with E-state index in [2.05, 4.69) is 24.4 Å². The van der Waals surface area contributed by atoms with Gasteiger partial charge in [0.1, 0.15) is 0 Å². The lowest BCUT2D eigenvalue weighted by Gasteiger charge is -2.35. The number of anilines is 1. The van der Waals surface area contributed by atoms with Crippen LogP contribution >= 0.6 is 0 Å². The molecule has 4 rings (SSSR count). The number of piperidine rings is 1. The number of nitrogens with one attached hydrogen (secondary N) is 1. The Morgan fingerprint density at radius 1 is 1.07 bits per heavy atom. The van der Waals surface area contributed by atoms with E-state index in [9.17, 15) is 9.59 Å². The van der Waals surface area contributed by atoms with Crippen molar-refractivity contribution in [3.63, 3.8) is 0 Å². The molecule has 2 heterocycles. The summed E-state index contributed by atoms with van der Waals surface area (Å²) in [7, 11) is 0. The van der Waals surface area contributed by atoms with Gasteiger partial charge >= 0.3 is 5.97 Å². The number of benzene rings is 2. The normalized spacial score (nSPS) is 20.0. The number of carbonyl (C=O) groups excluding carboxylic acids is 2. The minimum absolute atomic E-state index is 0.0767. The van der Waals surface area contributed by atoms with Gasteiger partial charge in [-0.1, -0.05) is 36.4 Å². The summed E-state index contributed by atoms with van der Waals surface area (Å²) >= 11 is 0. The molecule has 5 nitrogen and oxygen atoms in total. The van der Waals surface area contributed by atoms with Gasteiger partial charge in [0.2, 0.25) is 0 Å². The monoisotopic (exact) mass is 364 g/mol. The summed E-state index contributed by atoms with van der Waals surface area (Å²) < 4.78 is 5.42. The minimum Gasteiger partial charge on any atom is -0.448 e. The third-order valence-electron chi connectivity index (χ3n) is 5.48. The van der Waals surface area contributed by atoms with E-state index in [1.165, 1.54) is 5.56 Å². The number of nitrogens with zero attached hydrogens (tertiary/aromatic N) is 1. The number of cyclic esters (lactones) is 1. The first-order valence-electron chi connectivity index (χ1n) is 9.51. The summed E-state index contributed by atoms with van der Waals surface area (Å²) in [5, 5.41) is 3.58. The maximum Gasteiger partial charge on any atom is 0.339 e. The Balaban J connectivity index is 1.35. The number of amides is 1. The Bertz CT molecular complexity index is 856. The standard InChI is InChI=1S/C22H24N2O3/c1-15-6-2-5-9-19(15)23-17-10-12-24(13-11-17)21(25)20-14-16-7-3-4-8-18(16)22(26)27-20/h2-9,17,20,23H,10-14H2,1H3. The number of para-hydroxylation sites is 1. The fraction of sp³-hybridized carbons (Fsp3) is 0.364. The van der Waals surface area contributed by atoms with E-state index in [0.29, 0.717) is 31.1 Å². The van der Waals surface area contributed by atoms with Crippen LogP contribution in [-0.2, 0) is 16.0 Å².